The Balaban J connectivity index is 1.76. The summed E-state index contributed by atoms with van der Waals surface area (Å²) >= 11 is 6.09. The lowest BCUT2D eigenvalue weighted by Gasteiger charge is -2.24. The average molecular weight is 393 g/mol. The van der Waals surface area contributed by atoms with Crippen molar-refractivity contribution >= 4 is 23.0 Å². The normalized spacial score (nSPS) is 16.0. The molecule has 5 heteroatoms. The van der Waals surface area contributed by atoms with E-state index in [-0.39, 0.29) is 6.04 Å². The van der Waals surface area contributed by atoms with Crippen molar-refractivity contribution in [2.45, 2.75) is 12.5 Å². The van der Waals surface area contributed by atoms with Crippen LogP contribution in [0.1, 0.15) is 23.6 Å². The summed E-state index contributed by atoms with van der Waals surface area (Å²) in [5, 5.41) is 7.77. The van der Waals surface area contributed by atoms with Crippen molar-refractivity contribution in [1.82, 2.24) is 0 Å². The Hall–Kier alpha value is -2.98. The van der Waals surface area contributed by atoms with Crippen LogP contribution in [-0.4, -0.2) is 19.9 Å². The van der Waals surface area contributed by atoms with Crippen LogP contribution < -0.4 is 14.5 Å². The molecule has 0 aliphatic carbocycles. The van der Waals surface area contributed by atoms with Crippen molar-refractivity contribution in [3.8, 4) is 11.5 Å². The second-order valence-corrected chi connectivity index (χ2v) is 7.00. The Morgan fingerprint density at radius 1 is 0.929 bits per heavy atom. The number of hydrogen-bond acceptors (Lipinski definition) is 4. The molecular weight excluding hydrogens is 372 g/mol. The molecule has 3 aromatic carbocycles. The summed E-state index contributed by atoms with van der Waals surface area (Å²) in [4.78, 5) is 0. The molecule has 0 saturated carbocycles. The lowest BCUT2D eigenvalue weighted by Crippen LogP contribution is -2.18. The molecule has 0 aromatic heterocycles. The van der Waals surface area contributed by atoms with Crippen molar-refractivity contribution in [2.24, 2.45) is 5.10 Å². The number of methoxy groups -OCH3 is 2. The largest absolute Gasteiger partial charge is 0.497 e. The maximum atomic E-state index is 6.09. The van der Waals surface area contributed by atoms with E-state index in [1.54, 1.807) is 14.2 Å². The van der Waals surface area contributed by atoms with E-state index >= 15 is 0 Å². The molecular formula is C23H21ClN2O2. The highest BCUT2D eigenvalue weighted by atomic mass is 35.5. The number of halogens is 1. The van der Waals surface area contributed by atoms with Crippen LogP contribution in [-0.2, 0) is 0 Å². The smallest absolute Gasteiger partial charge is 0.131 e. The van der Waals surface area contributed by atoms with Crippen molar-refractivity contribution in [1.29, 1.82) is 0 Å². The minimum absolute atomic E-state index is 0.0847. The Morgan fingerprint density at radius 2 is 1.68 bits per heavy atom. The van der Waals surface area contributed by atoms with Crippen LogP contribution in [0.2, 0.25) is 5.02 Å². The van der Waals surface area contributed by atoms with Crippen LogP contribution in [0.25, 0.3) is 0 Å². The third-order valence-electron chi connectivity index (χ3n) is 4.91. The Bertz CT molecular complexity index is 987. The SMILES string of the molecule is COc1ccc(C2=NN(c3ccccc3)C(c3ccc(Cl)cc3)C2)c(OC)c1. The van der Waals surface area contributed by atoms with E-state index in [0.717, 1.165) is 39.9 Å². The quantitative estimate of drug-likeness (QED) is 0.557. The predicted molar refractivity (Wildman–Crippen MR) is 114 cm³/mol. The van der Waals surface area contributed by atoms with Gasteiger partial charge in [-0.05, 0) is 42.0 Å². The number of para-hydroxylation sites is 1. The summed E-state index contributed by atoms with van der Waals surface area (Å²) < 4.78 is 10.9. The van der Waals surface area contributed by atoms with Crippen molar-refractivity contribution < 1.29 is 9.47 Å². The van der Waals surface area contributed by atoms with Gasteiger partial charge in [0.1, 0.15) is 11.5 Å². The third-order valence-corrected chi connectivity index (χ3v) is 5.16. The predicted octanol–water partition coefficient (Wildman–Crippen LogP) is 5.71. The summed E-state index contributed by atoms with van der Waals surface area (Å²) in [6, 6.07) is 24.1. The number of hydrogen-bond donors (Lipinski definition) is 0. The van der Waals surface area contributed by atoms with E-state index in [1.165, 1.54) is 5.56 Å². The molecule has 142 valence electrons. The van der Waals surface area contributed by atoms with Gasteiger partial charge in [-0.3, -0.25) is 5.01 Å². The molecule has 0 N–H and O–H groups in total. The van der Waals surface area contributed by atoms with Crippen LogP contribution in [0.15, 0.2) is 77.9 Å². The number of nitrogens with zero attached hydrogens (tertiary/aromatic N) is 2. The van der Waals surface area contributed by atoms with Gasteiger partial charge in [-0.15, -0.1) is 0 Å². The summed E-state index contributed by atoms with van der Waals surface area (Å²) in [5.74, 6) is 1.51. The lowest BCUT2D eigenvalue weighted by molar-refractivity contribution is 0.394. The highest BCUT2D eigenvalue weighted by Gasteiger charge is 2.31. The monoisotopic (exact) mass is 392 g/mol. The average Bonchev–Trinajstić information content (AvgIpc) is 3.19. The van der Waals surface area contributed by atoms with Gasteiger partial charge in [-0.25, -0.2) is 0 Å². The van der Waals surface area contributed by atoms with Gasteiger partial charge in [0, 0.05) is 23.1 Å². The second-order valence-electron chi connectivity index (χ2n) is 6.56. The summed E-state index contributed by atoms with van der Waals surface area (Å²) in [7, 11) is 3.31. The molecule has 0 fully saturated rings. The van der Waals surface area contributed by atoms with Gasteiger partial charge < -0.3 is 9.47 Å². The van der Waals surface area contributed by atoms with Crippen LogP contribution in [0.3, 0.4) is 0 Å². The van der Waals surface area contributed by atoms with E-state index in [9.17, 15) is 0 Å². The van der Waals surface area contributed by atoms with Crippen LogP contribution in [0.5, 0.6) is 11.5 Å². The second kappa shape index (κ2) is 7.95. The van der Waals surface area contributed by atoms with E-state index in [1.807, 2.05) is 48.5 Å². The van der Waals surface area contributed by atoms with Gasteiger partial charge in [0.15, 0.2) is 0 Å². The molecule has 1 atom stereocenters. The molecule has 0 radical (unpaired) electrons. The van der Waals surface area contributed by atoms with Crippen molar-refractivity contribution in [2.75, 3.05) is 19.2 Å². The van der Waals surface area contributed by atoms with Crippen LogP contribution in [0, 0.1) is 0 Å². The number of rotatable bonds is 5. The highest BCUT2D eigenvalue weighted by Crippen LogP contribution is 2.39. The Kier molecular flexibility index (Phi) is 5.22. The highest BCUT2D eigenvalue weighted by molar-refractivity contribution is 6.30. The molecule has 0 amide bonds. The Morgan fingerprint density at radius 3 is 2.36 bits per heavy atom. The number of benzene rings is 3. The molecule has 0 spiro atoms. The van der Waals surface area contributed by atoms with Crippen molar-refractivity contribution in [3.05, 3.63) is 88.9 Å². The zero-order valence-corrected chi connectivity index (χ0v) is 16.6. The fraction of sp³-hybridized carbons (Fsp3) is 0.174. The first-order valence-corrected chi connectivity index (χ1v) is 9.47. The number of anilines is 1. The van der Waals surface area contributed by atoms with E-state index in [0.29, 0.717) is 0 Å². The summed E-state index contributed by atoms with van der Waals surface area (Å²) in [6.45, 7) is 0. The Labute approximate surface area is 170 Å². The lowest BCUT2D eigenvalue weighted by atomic mass is 9.97. The molecule has 0 bridgehead atoms. The molecule has 4 rings (SSSR count). The van der Waals surface area contributed by atoms with Gasteiger partial charge in [0.05, 0.1) is 31.7 Å². The zero-order chi connectivity index (χ0) is 19.5. The first kappa shape index (κ1) is 18.4. The fourth-order valence-electron chi connectivity index (χ4n) is 3.47. The van der Waals surface area contributed by atoms with E-state index < -0.39 is 0 Å². The molecule has 0 saturated heterocycles. The maximum absolute atomic E-state index is 6.09. The molecule has 1 heterocycles. The minimum atomic E-state index is 0.0847. The number of ether oxygens (including phenoxy) is 2. The van der Waals surface area contributed by atoms with Crippen LogP contribution >= 0.6 is 11.6 Å². The van der Waals surface area contributed by atoms with Gasteiger partial charge in [0.2, 0.25) is 0 Å². The number of hydrazone groups is 1. The standard InChI is InChI=1S/C23H21ClN2O2/c1-27-19-12-13-20(23(14-19)28-2)21-15-22(16-8-10-17(24)11-9-16)26(25-21)18-6-4-3-5-7-18/h3-14,22H,15H2,1-2H3. The molecule has 3 aromatic rings. The molecule has 1 aliphatic rings. The van der Waals surface area contributed by atoms with E-state index in [4.69, 9.17) is 26.2 Å². The maximum Gasteiger partial charge on any atom is 0.131 e. The van der Waals surface area contributed by atoms with Gasteiger partial charge in [0.25, 0.3) is 0 Å². The summed E-state index contributed by atoms with van der Waals surface area (Å²) in [6.07, 6.45) is 0.763. The topological polar surface area (TPSA) is 34.1 Å². The molecule has 4 nitrogen and oxygen atoms in total. The minimum Gasteiger partial charge on any atom is -0.497 e. The molecule has 1 unspecified atom stereocenters. The van der Waals surface area contributed by atoms with Gasteiger partial charge in [-0.2, -0.15) is 5.10 Å². The van der Waals surface area contributed by atoms with E-state index in [2.05, 4.69) is 29.3 Å². The first-order chi connectivity index (χ1) is 13.7. The zero-order valence-electron chi connectivity index (χ0n) is 15.8. The van der Waals surface area contributed by atoms with Gasteiger partial charge in [-0.1, -0.05) is 41.9 Å². The fourth-order valence-corrected chi connectivity index (χ4v) is 3.60. The molecule has 28 heavy (non-hydrogen) atoms. The van der Waals surface area contributed by atoms with Crippen molar-refractivity contribution in [3.63, 3.8) is 0 Å². The third kappa shape index (κ3) is 3.56. The first-order valence-electron chi connectivity index (χ1n) is 9.09. The molecule has 1 aliphatic heterocycles. The van der Waals surface area contributed by atoms with Gasteiger partial charge >= 0.3 is 0 Å². The summed E-state index contributed by atoms with van der Waals surface area (Å²) in [5.41, 5.74) is 4.16. The van der Waals surface area contributed by atoms with Crippen LogP contribution in [0.4, 0.5) is 5.69 Å².